The van der Waals surface area contributed by atoms with Gasteiger partial charge in [0, 0.05) is 13.1 Å². The molecule has 7 nitrogen and oxygen atoms in total. The Labute approximate surface area is 162 Å². The summed E-state index contributed by atoms with van der Waals surface area (Å²) in [6.45, 7) is 2.23. The molecule has 142 valence electrons. The summed E-state index contributed by atoms with van der Waals surface area (Å²) in [4.78, 5) is 18.2. The SMILES string of the molecule is CC(c1ccc(-n2cncn2)cc1)N(C)C(=O)/C=C/c1ccc2c(c1)OCO2. The van der Waals surface area contributed by atoms with Crippen molar-refractivity contribution in [3.05, 3.63) is 72.3 Å². The van der Waals surface area contributed by atoms with E-state index in [0.717, 1.165) is 22.6 Å². The second-order valence-corrected chi connectivity index (χ2v) is 6.50. The highest BCUT2D eigenvalue weighted by atomic mass is 16.7. The van der Waals surface area contributed by atoms with E-state index in [1.165, 1.54) is 6.33 Å². The molecule has 1 aliphatic rings. The second-order valence-electron chi connectivity index (χ2n) is 6.50. The van der Waals surface area contributed by atoms with Gasteiger partial charge in [-0.2, -0.15) is 5.10 Å². The molecule has 0 bridgehead atoms. The van der Waals surface area contributed by atoms with Crippen LogP contribution >= 0.6 is 0 Å². The molecule has 28 heavy (non-hydrogen) atoms. The fraction of sp³-hybridized carbons (Fsp3) is 0.190. The zero-order valence-corrected chi connectivity index (χ0v) is 15.6. The van der Waals surface area contributed by atoms with Crippen molar-refractivity contribution in [2.75, 3.05) is 13.8 Å². The minimum Gasteiger partial charge on any atom is -0.454 e. The maximum atomic E-state index is 12.6. The van der Waals surface area contributed by atoms with E-state index in [4.69, 9.17) is 9.47 Å². The van der Waals surface area contributed by atoms with Crippen LogP contribution in [0.4, 0.5) is 0 Å². The molecular formula is C21H20N4O3. The molecule has 1 aromatic heterocycles. The lowest BCUT2D eigenvalue weighted by Crippen LogP contribution is -2.27. The summed E-state index contributed by atoms with van der Waals surface area (Å²) < 4.78 is 12.4. The number of nitrogens with zero attached hydrogens (tertiary/aromatic N) is 4. The summed E-state index contributed by atoms with van der Waals surface area (Å²) in [7, 11) is 1.79. The van der Waals surface area contributed by atoms with E-state index in [2.05, 4.69) is 10.1 Å². The number of amides is 1. The van der Waals surface area contributed by atoms with Crippen LogP contribution in [0.15, 0.2) is 61.2 Å². The third-order valence-corrected chi connectivity index (χ3v) is 4.80. The zero-order chi connectivity index (χ0) is 19.5. The number of hydrogen-bond donors (Lipinski definition) is 0. The minimum atomic E-state index is -0.0782. The lowest BCUT2D eigenvalue weighted by Gasteiger charge is -2.24. The highest BCUT2D eigenvalue weighted by molar-refractivity contribution is 5.92. The van der Waals surface area contributed by atoms with Gasteiger partial charge in [-0.3, -0.25) is 4.79 Å². The predicted molar refractivity (Wildman–Crippen MR) is 104 cm³/mol. The Bertz CT molecular complexity index is 997. The summed E-state index contributed by atoms with van der Waals surface area (Å²) in [6, 6.07) is 13.4. The largest absolute Gasteiger partial charge is 0.454 e. The van der Waals surface area contributed by atoms with Crippen LogP contribution in [0.2, 0.25) is 0 Å². The molecule has 0 radical (unpaired) electrons. The van der Waals surface area contributed by atoms with Gasteiger partial charge in [0.25, 0.3) is 0 Å². The molecule has 2 aromatic carbocycles. The molecule has 4 rings (SSSR count). The van der Waals surface area contributed by atoms with Gasteiger partial charge < -0.3 is 14.4 Å². The number of likely N-dealkylation sites (N-methyl/N-ethyl adjacent to an activating group) is 1. The summed E-state index contributed by atoms with van der Waals surface area (Å²) >= 11 is 0. The maximum Gasteiger partial charge on any atom is 0.246 e. The smallest absolute Gasteiger partial charge is 0.246 e. The molecule has 0 saturated carbocycles. The van der Waals surface area contributed by atoms with E-state index in [1.54, 1.807) is 35.1 Å². The van der Waals surface area contributed by atoms with Gasteiger partial charge in [0.15, 0.2) is 11.5 Å². The first kappa shape index (κ1) is 17.8. The Morgan fingerprint density at radius 2 is 1.96 bits per heavy atom. The van der Waals surface area contributed by atoms with Crippen molar-refractivity contribution in [3.63, 3.8) is 0 Å². The average molecular weight is 376 g/mol. The van der Waals surface area contributed by atoms with Gasteiger partial charge in [0.2, 0.25) is 12.7 Å². The summed E-state index contributed by atoms with van der Waals surface area (Å²) in [5.41, 5.74) is 2.84. The van der Waals surface area contributed by atoms with Crippen LogP contribution in [0, 0.1) is 0 Å². The van der Waals surface area contributed by atoms with Crippen LogP contribution in [-0.4, -0.2) is 39.4 Å². The van der Waals surface area contributed by atoms with Crippen molar-refractivity contribution in [2.45, 2.75) is 13.0 Å². The van der Waals surface area contributed by atoms with E-state index in [0.29, 0.717) is 5.75 Å². The Hall–Kier alpha value is -3.61. The number of benzene rings is 2. The van der Waals surface area contributed by atoms with E-state index in [1.807, 2.05) is 49.4 Å². The van der Waals surface area contributed by atoms with Crippen molar-refractivity contribution in [1.29, 1.82) is 0 Å². The van der Waals surface area contributed by atoms with Crippen LogP contribution in [0.3, 0.4) is 0 Å². The first-order chi connectivity index (χ1) is 13.6. The topological polar surface area (TPSA) is 69.5 Å². The molecule has 0 N–H and O–H groups in total. The fourth-order valence-corrected chi connectivity index (χ4v) is 2.96. The molecule has 0 saturated heterocycles. The summed E-state index contributed by atoms with van der Waals surface area (Å²) in [6.07, 6.45) is 6.49. The van der Waals surface area contributed by atoms with Crippen LogP contribution in [0.25, 0.3) is 11.8 Å². The Kier molecular flexibility index (Phi) is 4.80. The molecule has 1 atom stereocenters. The number of aromatic nitrogens is 3. The van der Waals surface area contributed by atoms with Crippen molar-refractivity contribution in [2.24, 2.45) is 0 Å². The van der Waals surface area contributed by atoms with Crippen molar-refractivity contribution < 1.29 is 14.3 Å². The van der Waals surface area contributed by atoms with Crippen molar-refractivity contribution >= 4 is 12.0 Å². The van der Waals surface area contributed by atoms with Gasteiger partial charge in [0.05, 0.1) is 11.7 Å². The highest BCUT2D eigenvalue weighted by Crippen LogP contribution is 2.32. The average Bonchev–Trinajstić information content (AvgIpc) is 3.42. The van der Waals surface area contributed by atoms with Gasteiger partial charge in [-0.15, -0.1) is 0 Å². The first-order valence-corrected chi connectivity index (χ1v) is 8.91. The molecule has 3 aromatic rings. The van der Waals surface area contributed by atoms with E-state index in [9.17, 15) is 4.79 Å². The van der Waals surface area contributed by atoms with Crippen molar-refractivity contribution in [3.8, 4) is 17.2 Å². The van der Waals surface area contributed by atoms with Crippen LogP contribution < -0.4 is 9.47 Å². The first-order valence-electron chi connectivity index (χ1n) is 8.91. The third-order valence-electron chi connectivity index (χ3n) is 4.80. The minimum absolute atomic E-state index is 0.0706. The Morgan fingerprint density at radius 3 is 2.71 bits per heavy atom. The number of hydrogen-bond acceptors (Lipinski definition) is 5. The van der Waals surface area contributed by atoms with Crippen LogP contribution in [-0.2, 0) is 4.79 Å². The number of fused-ring (bicyclic) bond motifs is 1. The van der Waals surface area contributed by atoms with Gasteiger partial charge >= 0.3 is 0 Å². The number of rotatable bonds is 5. The maximum absolute atomic E-state index is 12.6. The van der Waals surface area contributed by atoms with Gasteiger partial charge in [-0.1, -0.05) is 18.2 Å². The fourth-order valence-electron chi connectivity index (χ4n) is 2.96. The van der Waals surface area contributed by atoms with E-state index < -0.39 is 0 Å². The van der Waals surface area contributed by atoms with Crippen molar-refractivity contribution in [1.82, 2.24) is 19.7 Å². The lowest BCUT2D eigenvalue weighted by molar-refractivity contribution is -0.126. The zero-order valence-electron chi connectivity index (χ0n) is 15.6. The molecule has 1 amide bonds. The molecule has 0 spiro atoms. The second kappa shape index (κ2) is 7.56. The standard InChI is InChI=1S/C21H20N4O3/c1-15(17-5-7-18(8-6-17)25-13-22-12-23-25)24(2)21(26)10-4-16-3-9-19-20(11-16)28-14-27-19/h3-13,15H,14H2,1-2H3/b10-4+. The monoisotopic (exact) mass is 376 g/mol. The Balaban J connectivity index is 1.42. The quantitative estimate of drug-likeness (QED) is 0.640. The predicted octanol–water partition coefficient (Wildman–Crippen LogP) is 3.23. The van der Waals surface area contributed by atoms with Gasteiger partial charge in [0.1, 0.15) is 12.7 Å². The third kappa shape index (κ3) is 3.59. The number of ether oxygens (including phenoxy) is 2. The molecule has 0 fully saturated rings. The molecule has 7 heteroatoms. The summed E-state index contributed by atoms with van der Waals surface area (Å²) in [5, 5.41) is 4.11. The molecule has 0 aliphatic carbocycles. The van der Waals surface area contributed by atoms with Crippen LogP contribution in [0.1, 0.15) is 24.1 Å². The molecular weight excluding hydrogens is 356 g/mol. The molecule has 1 aliphatic heterocycles. The van der Waals surface area contributed by atoms with E-state index >= 15 is 0 Å². The van der Waals surface area contributed by atoms with Gasteiger partial charge in [-0.25, -0.2) is 9.67 Å². The van der Waals surface area contributed by atoms with E-state index in [-0.39, 0.29) is 18.7 Å². The van der Waals surface area contributed by atoms with Gasteiger partial charge in [-0.05, 0) is 48.4 Å². The summed E-state index contributed by atoms with van der Waals surface area (Å²) in [5.74, 6) is 1.35. The number of carbonyl (C=O) groups excluding carboxylic acids is 1. The lowest BCUT2D eigenvalue weighted by atomic mass is 10.1. The highest BCUT2D eigenvalue weighted by Gasteiger charge is 2.16. The molecule has 1 unspecified atom stereocenters. The Morgan fingerprint density at radius 1 is 1.18 bits per heavy atom. The number of carbonyl (C=O) groups is 1. The molecule has 2 heterocycles. The van der Waals surface area contributed by atoms with Crippen LogP contribution in [0.5, 0.6) is 11.5 Å². The normalized spacial score (nSPS) is 13.6.